The molecule has 2 heterocycles. The molecule has 5 N–H and O–H groups in total. The molecule has 1 aliphatic carbocycles. The first-order chi connectivity index (χ1) is 16.3. The first kappa shape index (κ1) is 28.6. The van der Waals surface area contributed by atoms with Gasteiger partial charge in [-0.25, -0.2) is 0 Å². The van der Waals surface area contributed by atoms with E-state index in [2.05, 4.69) is 38.7 Å². The average Bonchev–Trinajstić information content (AvgIpc) is 2.91. The van der Waals surface area contributed by atoms with Gasteiger partial charge in [0.1, 0.15) is 5.44 Å². The highest BCUT2D eigenvalue weighted by Gasteiger charge is 2.70. The van der Waals surface area contributed by atoms with Crippen LogP contribution in [0.3, 0.4) is 0 Å². The minimum atomic E-state index is -1.66. The topological polar surface area (TPSA) is 135 Å². The standard InChI is InChI=1S/C25H42N2O7S/c1-6-24(5,8-10-35-22-19-21(31)20(30)18(13-28)25(19,32)34-22)15-23(3,4)33-14-17-7-9-26-27(12-17)11-16(2)29/h7,12,16,18-22,28-32H,6,8,10-11,13-15H2,1-5H3. The van der Waals surface area contributed by atoms with Crippen LogP contribution in [0.25, 0.3) is 0 Å². The van der Waals surface area contributed by atoms with E-state index in [0.717, 1.165) is 30.6 Å². The molecule has 1 saturated heterocycles. The lowest BCUT2D eigenvalue weighted by molar-refractivity contribution is -0.355. The van der Waals surface area contributed by atoms with Crippen LogP contribution < -0.4 is 0 Å². The summed E-state index contributed by atoms with van der Waals surface area (Å²) in [4.78, 5) is 0. The first-order valence-electron chi connectivity index (χ1n) is 12.4. The zero-order valence-corrected chi connectivity index (χ0v) is 22.2. The Balaban J connectivity index is 1.49. The van der Waals surface area contributed by atoms with E-state index in [9.17, 15) is 25.5 Å². The van der Waals surface area contributed by atoms with Crippen molar-refractivity contribution in [3.8, 4) is 0 Å². The summed E-state index contributed by atoms with van der Waals surface area (Å²) in [6.07, 6.45) is 3.55. The Kier molecular flexibility index (Phi) is 9.17. The predicted molar refractivity (Wildman–Crippen MR) is 134 cm³/mol. The third-order valence-corrected chi connectivity index (χ3v) is 8.62. The van der Waals surface area contributed by atoms with E-state index >= 15 is 0 Å². The van der Waals surface area contributed by atoms with E-state index in [1.807, 2.05) is 6.20 Å². The summed E-state index contributed by atoms with van der Waals surface area (Å²) in [7, 11) is 0. The predicted octanol–water partition coefficient (Wildman–Crippen LogP) is 1.44. The Bertz CT molecular complexity index is 831. The van der Waals surface area contributed by atoms with Gasteiger partial charge in [0.05, 0.1) is 55.5 Å². The zero-order valence-electron chi connectivity index (χ0n) is 21.4. The molecule has 0 amide bonds. The maximum Gasteiger partial charge on any atom is 0.183 e. The van der Waals surface area contributed by atoms with E-state index in [1.165, 1.54) is 11.8 Å². The van der Waals surface area contributed by atoms with Crippen molar-refractivity contribution in [3.63, 3.8) is 0 Å². The summed E-state index contributed by atoms with van der Waals surface area (Å²) >= 11 is 1.53. The fourth-order valence-corrected chi connectivity index (χ4v) is 6.96. The molecule has 200 valence electrons. The molecule has 0 aromatic carbocycles. The fourth-order valence-electron chi connectivity index (χ4n) is 5.33. The van der Waals surface area contributed by atoms with Crippen LogP contribution in [0, 0.1) is 17.3 Å². The van der Waals surface area contributed by atoms with Gasteiger partial charge in [-0.15, -0.1) is 16.9 Å². The number of aliphatic hydroxyl groups excluding tert-OH is 4. The van der Waals surface area contributed by atoms with Crippen molar-refractivity contribution in [1.29, 1.82) is 0 Å². The molecule has 0 spiro atoms. The number of ether oxygens (including phenoxy) is 2. The number of nitrogens with zero attached hydrogens (tertiary/aromatic N) is 2. The van der Waals surface area contributed by atoms with Crippen molar-refractivity contribution in [1.82, 2.24) is 5.01 Å². The lowest BCUT2D eigenvalue weighted by Gasteiger charge is -2.49. The number of rotatable bonds is 13. The number of thioether (sulfide) groups is 1. The minimum Gasteiger partial charge on any atom is -0.396 e. The molecule has 8 unspecified atom stereocenters. The van der Waals surface area contributed by atoms with Crippen molar-refractivity contribution in [3.05, 3.63) is 17.8 Å². The Morgan fingerprint density at radius 2 is 2.03 bits per heavy atom. The molecule has 8 atom stereocenters. The molecule has 9 nitrogen and oxygen atoms in total. The van der Waals surface area contributed by atoms with E-state index in [1.54, 1.807) is 18.0 Å². The molecule has 2 fully saturated rings. The molecule has 3 aliphatic rings. The molecule has 1 saturated carbocycles. The molecule has 0 bridgehead atoms. The van der Waals surface area contributed by atoms with Crippen LogP contribution in [0.2, 0.25) is 0 Å². The number of β-amino-alcohol motifs (C(OH)–C–C–N with tert-alkyl or cyclic N) is 1. The largest absolute Gasteiger partial charge is 0.396 e. The molecular weight excluding hydrogens is 472 g/mol. The summed E-state index contributed by atoms with van der Waals surface area (Å²) in [5, 5.41) is 55.9. The second-order valence-corrected chi connectivity index (χ2v) is 12.3. The molecule has 2 aliphatic heterocycles. The van der Waals surface area contributed by atoms with Gasteiger partial charge in [0, 0.05) is 23.7 Å². The van der Waals surface area contributed by atoms with Crippen LogP contribution in [0.1, 0.15) is 53.9 Å². The Morgan fingerprint density at radius 1 is 1.31 bits per heavy atom. The fraction of sp³-hybridized carbons (Fsp3) is 0.840. The monoisotopic (exact) mass is 514 g/mol. The van der Waals surface area contributed by atoms with Gasteiger partial charge in [-0.2, -0.15) is 0 Å². The second kappa shape index (κ2) is 11.2. The van der Waals surface area contributed by atoms with E-state index < -0.39 is 48.0 Å². The van der Waals surface area contributed by atoms with Crippen LogP contribution in [-0.2, 0) is 9.47 Å². The number of hydrogen-bond donors (Lipinski definition) is 5. The van der Waals surface area contributed by atoms with E-state index in [4.69, 9.17) is 9.47 Å². The first-order valence-corrected chi connectivity index (χ1v) is 13.5. The van der Waals surface area contributed by atoms with Crippen molar-refractivity contribution in [2.75, 3.05) is 25.5 Å². The Morgan fingerprint density at radius 3 is 2.66 bits per heavy atom. The normalized spacial score (nSPS) is 34.9. The number of fused-ring (bicyclic) bond motifs is 1. The SMILES string of the molecule is CCC(C)(CCSC1OC2(O)C(CO)C(O)C(O)C12)CC(C)(C)OCC1=CN(CC(C)O)N=C=C1. The van der Waals surface area contributed by atoms with Gasteiger partial charge in [-0.3, -0.25) is 5.01 Å². The van der Waals surface area contributed by atoms with Crippen molar-refractivity contribution < 1.29 is 35.0 Å². The molecule has 3 rings (SSSR count). The summed E-state index contributed by atoms with van der Waals surface area (Å²) < 4.78 is 11.9. The summed E-state index contributed by atoms with van der Waals surface area (Å²) in [5.74, 6) is 0.459. The van der Waals surface area contributed by atoms with Gasteiger partial charge >= 0.3 is 0 Å². The zero-order chi connectivity index (χ0) is 26.0. The molecule has 0 radical (unpaired) electrons. The number of hydrazone groups is 1. The number of hydrogen-bond acceptors (Lipinski definition) is 10. The van der Waals surface area contributed by atoms with Gasteiger partial charge < -0.3 is 35.0 Å². The third-order valence-electron chi connectivity index (χ3n) is 7.46. The Hall–Kier alpha value is -0.940. The molecule has 35 heavy (non-hydrogen) atoms. The van der Waals surface area contributed by atoms with Gasteiger partial charge in [0.15, 0.2) is 5.79 Å². The molecule has 10 heteroatoms. The van der Waals surface area contributed by atoms with E-state index in [-0.39, 0.29) is 11.0 Å². The van der Waals surface area contributed by atoms with Crippen LogP contribution >= 0.6 is 11.8 Å². The van der Waals surface area contributed by atoms with Gasteiger partial charge in [-0.05, 0) is 44.8 Å². The van der Waals surface area contributed by atoms with E-state index in [0.29, 0.717) is 13.2 Å². The van der Waals surface area contributed by atoms with Crippen molar-refractivity contribution >= 4 is 17.6 Å². The molecule has 0 aromatic heterocycles. The highest BCUT2D eigenvalue weighted by atomic mass is 32.2. The smallest absolute Gasteiger partial charge is 0.183 e. The second-order valence-electron chi connectivity index (χ2n) is 11.1. The van der Waals surface area contributed by atoms with Gasteiger partial charge in [0.2, 0.25) is 0 Å². The maximum atomic E-state index is 10.6. The highest BCUT2D eigenvalue weighted by molar-refractivity contribution is 7.99. The van der Waals surface area contributed by atoms with Crippen molar-refractivity contribution in [2.45, 2.75) is 89.0 Å². The van der Waals surface area contributed by atoms with Gasteiger partial charge in [0.25, 0.3) is 0 Å². The highest BCUT2D eigenvalue weighted by Crippen LogP contribution is 2.56. The molecule has 0 aromatic rings. The lowest BCUT2D eigenvalue weighted by atomic mass is 9.76. The number of aliphatic hydroxyl groups is 5. The summed E-state index contributed by atoms with van der Waals surface area (Å²) in [6.45, 7) is 10.7. The Labute approximate surface area is 212 Å². The summed E-state index contributed by atoms with van der Waals surface area (Å²) in [6, 6.07) is 0. The maximum absolute atomic E-state index is 10.6. The minimum absolute atomic E-state index is 0.00852. The summed E-state index contributed by atoms with van der Waals surface area (Å²) in [5.41, 5.74) is 0.161. The van der Waals surface area contributed by atoms with Crippen LogP contribution in [0.15, 0.2) is 23.0 Å². The molecular formula is C25H42N2O7S. The quantitative estimate of drug-likeness (QED) is 0.247. The lowest BCUT2D eigenvalue weighted by Crippen LogP contribution is -2.61. The van der Waals surface area contributed by atoms with Crippen LogP contribution in [0.5, 0.6) is 0 Å². The van der Waals surface area contributed by atoms with Crippen molar-refractivity contribution in [2.24, 2.45) is 22.4 Å². The van der Waals surface area contributed by atoms with Crippen LogP contribution in [0.4, 0.5) is 0 Å². The van der Waals surface area contributed by atoms with Crippen LogP contribution in [-0.4, -0.2) is 97.1 Å². The third kappa shape index (κ3) is 6.50. The average molecular weight is 515 g/mol. The van der Waals surface area contributed by atoms with Gasteiger partial charge in [-0.1, -0.05) is 20.3 Å².